The molecule has 1 heterocycles. The molecule has 0 unspecified atom stereocenters. The molecule has 16 heavy (non-hydrogen) atoms. The van der Waals surface area contributed by atoms with E-state index < -0.39 is 0 Å². The molecule has 0 radical (unpaired) electrons. The Labute approximate surface area is 97.4 Å². The van der Waals surface area contributed by atoms with E-state index in [1.165, 1.54) is 38.3 Å². The standard InChI is InChI=1S/C13H20N2O/c1-2-3-4-5-7-10-15-11-8-6-9-13(15)12-14-16/h6,8-9,11-12H,2-5,7,10H2,1H3/p+1. The normalized spacial score (nSPS) is 11.1. The predicted octanol–water partition coefficient (Wildman–Crippen LogP) is 2.75. The minimum atomic E-state index is 0.945. The van der Waals surface area contributed by atoms with Crippen molar-refractivity contribution < 1.29 is 9.77 Å². The van der Waals surface area contributed by atoms with Crippen LogP contribution in [0.1, 0.15) is 44.7 Å². The van der Waals surface area contributed by atoms with Crippen molar-refractivity contribution in [3.63, 3.8) is 0 Å². The van der Waals surface area contributed by atoms with Crippen LogP contribution in [0.15, 0.2) is 29.6 Å². The minimum Gasteiger partial charge on any atom is -0.411 e. The molecule has 0 atom stereocenters. The van der Waals surface area contributed by atoms with Gasteiger partial charge in [0.15, 0.2) is 6.20 Å². The first-order chi connectivity index (χ1) is 7.88. The fraction of sp³-hybridized carbons (Fsp3) is 0.538. The predicted molar refractivity (Wildman–Crippen MR) is 64.8 cm³/mol. The van der Waals surface area contributed by atoms with Gasteiger partial charge in [-0.2, -0.15) is 4.57 Å². The Balaban J connectivity index is 2.40. The van der Waals surface area contributed by atoms with Crippen molar-refractivity contribution in [2.45, 2.75) is 45.6 Å². The van der Waals surface area contributed by atoms with Crippen LogP contribution in [0.3, 0.4) is 0 Å². The number of oxime groups is 1. The van der Waals surface area contributed by atoms with Crippen molar-refractivity contribution in [2.24, 2.45) is 5.16 Å². The van der Waals surface area contributed by atoms with Crippen LogP contribution < -0.4 is 4.57 Å². The van der Waals surface area contributed by atoms with E-state index in [1.54, 1.807) is 0 Å². The van der Waals surface area contributed by atoms with Crippen molar-refractivity contribution in [1.82, 2.24) is 0 Å². The average Bonchev–Trinajstić information content (AvgIpc) is 2.31. The Morgan fingerprint density at radius 3 is 2.81 bits per heavy atom. The number of nitrogens with zero attached hydrogens (tertiary/aromatic N) is 2. The highest BCUT2D eigenvalue weighted by atomic mass is 16.4. The van der Waals surface area contributed by atoms with E-state index in [1.807, 2.05) is 24.4 Å². The zero-order valence-electron chi connectivity index (χ0n) is 9.97. The molecule has 0 fully saturated rings. The molecule has 0 aliphatic rings. The van der Waals surface area contributed by atoms with Crippen molar-refractivity contribution >= 4 is 6.21 Å². The summed E-state index contributed by atoms with van der Waals surface area (Å²) in [5.41, 5.74) is 0.945. The summed E-state index contributed by atoms with van der Waals surface area (Å²) in [5.74, 6) is 0. The van der Waals surface area contributed by atoms with Gasteiger partial charge in [-0.3, -0.25) is 0 Å². The number of hydrogen-bond acceptors (Lipinski definition) is 2. The highest BCUT2D eigenvalue weighted by Crippen LogP contribution is 2.02. The zero-order valence-corrected chi connectivity index (χ0v) is 9.97. The van der Waals surface area contributed by atoms with Crippen LogP contribution in [0.25, 0.3) is 0 Å². The lowest BCUT2D eigenvalue weighted by Gasteiger charge is -2.00. The van der Waals surface area contributed by atoms with Crippen molar-refractivity contribution in [3.05, 3.63) is 30.1 Å². The monoisotopic (exact) mass is 221 g/mol. The second kappa shape index (κ2) is 7.85. The van der Waals surface area contributed by atoms with Gasteiger partial charge in [-0.25, -0.2) is 0 Å². The van der Waals surface area contributed by atoms with E-state index in [0.717, 1.165) is 12.2 Å². The molecule has 1 N–H and O–H groups in total. The largest absolute Gasteiger partial charge is 0.411 e. The van der Waals surface area contributed by atoms with Gasteiger partial charge in [0.25, 0.3) is 0 Å². The van der Waals surface area contributed by atoms with E-state index in [2.05, 4.69) is 16.6 Å². The van der Waals surface area contributed by atoms with E-state index >= 15 is 0 Å². The molecule has 0 saturated carbocycles. The summed E-state index contributed by atoms with van der Waals surface area (Å²) in [6.07, 6.45) is 9.87. The Morgan fingerprint density at radius 1 is 1.25 bits per heavy atom. The number of unbranched alkanes of at least 4 members (excludes halogenated alkanes) is 4. The fourth-order valence-corrected chi connectivity index (χ4v) is 1.76. The quantitative estimate of drug-likeness (QED) is 0.248. The lowest BCUT2D eigenvalue weighted by molar-refractivity contribution is -0.698. The molecular weight excluding hydrogens is 200 g/mol. The Morgan fingerprint density at radius 2 is 2.06 bits per heavy atom. The topological polar surface area (TPSA) is 36.5 Å². The summed E-state index contributed by atoms with van der Waals surface area (Å²) < 4.78 is 2.12. The van der Waals surface area contributed by atoms with Gasteiger partial charge in [-0.1, -0.05) is 31.3 Å². The zero-order chi connectivity index (χ0) is 11.6. The molecule has 0 saturated heterocycles. The van der Waals surface area contributed by atoms with E-state index in [-0.39, 0.29) is 0 Å². The third kappa shape index (κ3) is 4.43. The maximum absolute atomic E-state index is 8.54. The summed E-state index contributed by atoms with van der Waals surface area (Å²) in [7, 11) is 0. The van der Waals surface area contributed by atoms with Crippen molar-refractivity contribution in [1.29, 1.82) is 0 Å². The molecule has 0 aliphatic carbocycles. The van der Waals surface area contributed by atoms with Crippen LogP contribution in [0.5, 0.6) is 0 Å². The molecule has 0 amide bonds. The van der Waals surface area contributed by atoms with Crippen molar-refractivity contribution in [3.8, 4) is 0 Å². The molecule has 88 valence electrons. The Hall–Kier alpha value is -1.38. The van der Waals surface area contributed by atoms with Gasteiger partial charge in [-0.15, -0.1) is 0 Å². The third-order valence-corrected chi connectivity index (χ3v) is 2.67. The van der Waals surface area contributed by atoms with Crippen LogP contribution in [-0.2, 0) is 6.54 Å². The van der Waals surface area contributed by atoms with Crippen LogP contribution in [0, 0.1) is 0 Å². The lowest BCUT2D eigenvalue weighted by atomic mass is 10.1. The smallest absolute Gasteiger partial charge is 0.227 e. The number of hydrogen-bond donors (Lipinski definition) is 1. The number of aryl methyl sites for hydroxylation is 1. The second-order valence-electron chi connectivity index (χ2n) is 3.98. The third-order valence-electron chi connectivity index (χ3n) is 2.67. The Kier molecular flexibility index (Phi) is 6.23. The molecule has 0 bridgehead atoms. The number of pyridine rings is 1. The van der Waals surface area contributed by atoms with Gasteiger partial charge in [0, 0.05) is 18.6 Å². The summed E-state index contributed by atoms with van der Waals surface area (Å²) in [6.45, 7) is 3.22. The maximum atomic E-state index is 8.54. The lowest BCUT2D eigenvalue weighted by Crippen LogP contribution is -2.37. The van der Waals surface area contributed by atoms with E-state index in [4.69, 9.17) is 5.21 Å². The summed E-state index contributed by atoms with van der Waals surface area (Å²) in [5, 5.41) is 11.6. The molecule has 1 aromatic rings. The fourth-order valence-electron chi connectivity index (χ4n) is 1.76. The molecule has 3 nitrogen and oxygen atoms in total. The van der Waals surface area contributed by atoms with Gasteiger partial charge in [0.05, 0.1) is 0 Å². The first-order valence-corrected chi connectivity index (χ1v) is 6.04. The summed E-state index contributed by atoms with van der Waals surface area (Å²) >= 11 is 0. The van der Waals surface area contributed by atoms with Gasteiger partial charge < -0.3 is 5.21 Å². The van der Waals surface area contributed by atoms with Gasteiger partial charge in [0.1, 0.15) is 12.8 Å². The first-order valence-electron chi connectivity index (χ1n) is 6.04. The Bertz CT molecular complexity index is 323. The molecule has 0 aliphatic heterocycles. The van der Waals surface area contributed by atoms with Gasteiger partial charge in [0.2, 0.25) is 5.69 Å². The number of rotatable bonds is 7. The van der Waals surface area contributed by atoms with Gasteiger partial charge >= 0.3 is 0 Å². The maximum Gasteiger partial charge on any atom is 0.227 e. The number of aromatic nitrogens is 1. The van der Waals surface area contributed by atoms with Crippen molar-refractivity contribution in [2.75, 3.05) is 0 Å². The SMILES string of the molecule is CCCCCCC[n+]1ccccc1C=NO. The minimum absolute atomic E-state index is 0.945. The van der Waals surface area contributed by atoms with E-state index in [0.29, 0.717) is 0 Å². The second-order valence-corrected chi connectivity index (χ2v) is 3.98. The molecule has 1 rings (SSSR count). The molecule has 0 aromatic carbocycles. The molecular formula is C13H21N2O+. The average molecular weight is 221 g/mol. The summed E-state index contributed by atoms with van der Waals surface area (Å²) in [6, 6.07) is 5.90. The highest BCUT2D eigenvalue weighted by Gasteiger charge is 2.06. The van der Waals surface area contributed by atoms with Crippen LogP contribution >= 0.6 is 0 Å². The van der Waals surface area contributed by atoms with Gasteiger partial charge in [-0.05, 0) is 12.5 Å². The van der Waals surface area contributed by atoms with Crippen LogP contribution in [0.2, 0.25) is 0 Å². The molecule has 3 heteroatoms. The first kappa shape index (κ1) is 12.7. The molecule has 1 aromatic heterocycles. The van der Waals surface area contributed by atoms with E-state index in [9.17, 15) is 0 Å². The highest BCUT2D eigenvalue weighted by molar-refractivity contribution is 5.74. The van der Waals surface area contributed by atoms with Crippen LogP contribution in [0.4, 0.5) is 0 Å². The summed E-state index contributed by atoms with van der Waals surface area (Å²) in [4.78, 5) is 0. The molecule has 0 spiro atoms. The van der Waals surface area contributed by atoms with Crippen LogP contribution in [-0.4, -0.2) is 11.4 Å².